The summed E-state index contributed by atoms with van der Waals surface area (Å²) in [5.41, 5.74) is 0.319. The third-order valence-corrected chi connectivity index (χ3v) is 7.93. The minimum Gasteiger partial charge on any atom is -0.280 e. The summed E-state index contributed by atoms with van der Waals surface area (Å²) in [5.74, 6) is 0. The standard InChI is InChI=1S/C18H22N2O4S2/c1-15-7-5-6-14-20(15)26(23,24)18-12-10-16(11-13-18)19-25(21,22)17-8-3-2-4-9-17/h2-4,8-13,15,19H,5-7,14H2,1H3. The number of sulfonamides is 2. The molecule has 6 nitrogen and oxygen atoms in total. The van der Waals surface area contributed by atoms with Crippen LogP contribution in [-0.2, 0) is 20.0 Å². The van der Waals surface area contributed by atoms with Gasteiger partial charge in [0.15, 0.2) is 0 Å². The van der Waals surface area contributed by atoms with E-state index in [4.69, 9.17) is 0 Å². The van der Waals surface area contributed by atoms with E-state index in [2.05, 4.69) is 4.72 Å². The molecule has 1 unspecified atom stereocenters. The van der Waals surface area contributed by atoms with Crippen molar-refractivity contribution in [3.05, 3.63) is 54.6 Å². The Morgan fingerprint density at radius 3 is 2.15 bits per heavy atom. The van der Waals surface area contributed by atoms with Crippen molar-refractivity contribution in [1.82, 2.24) is 4.31 Å². The quantitative estimate of drug-likeness (QED) is 0.845. The topological polar surface area (TPSA) is 83.6 Å². The molecule has 26 heavy (non-hydrogen) atoms. The van der Waals surface area contributed by atoms with E-state index >= 15 is 0 Å². The van der Waals surface area contributed by atoms with Crippen LogP contribution in [0.25, 0.3) is 0 Å². The zero-order valence-electron chi connectivity index (χ0n) is 14.5. The van der Waals surface area contributed by atoms with Crippen LogP contribution in [0.5, 0.6) is 0 Å². The lowest BCUT2D eigenvalue weighted by Gasteiger charge is -2.32. The summed E-state index contributed by atoms with van der Waals surface area (Å²) in [6.07, 6.45) is 2.75. The van der Waals surface area contributed by atoms with Crippen LogP contribution in [0.4, 0.5) is 5.69 Å². The third kappa shape index (κ3) is 3.92. The number of rotatable bonds is 5. The molecule has 0 bridgehead atoms. The summed E-state index contributed by atoms with van der Waals surface area (Å²) in [7, 11) is -7.27. The first-order valence-electron chi connectivity index (χ1n) is 8.50. The lowest BCUT2D eigenvalue weighted by atomic mass is 10.1. The van der Waals surface area contributed by atoms with Crippen LogP contribution in [0.15, 0.2) is 64.4 Å². The first kappa shape index (κ1) is 18.9. The van der Waals surface area contributed by atoms with E-state index in [1.54, 1.807) is 18.2 Å². The van der Waals surface area contributed by atoms with Gasteiger partial charge in [-0.3, -0.25) is 4.72 Å². The van der Waals surface area contributed by atoms with Crippen LogP contribution >= 0.6 is 0 Å². The monoisotopic (exact) mass is 394 g/mol. The van der Waals surface area contributed by atoms with Gasteiger partial charge in [-0.25, -0.2) is 16.8 Å². The van der Waals surface area contributed by atoms with Crippen LogP contribution in [0.3, 0.4) is 0 Å². The van der Waals surface area contributed by atoms with Gasteiger partial charge in [-0.2, -0.15) is 4.31 Å². The van der Waals surface area contributed by atoms with E-state index in [9.17, 15) is 16.8 Å². The van der Waals surface area contributed by atoms with Crippen LogP contribution in [-0.4, -0.2) is 33.7 Å². The number of piperidine rings is 1. The molecule has 0 saturated carbocycles. The highest BCUT2D eigenvalue weighted by Crippen LogP contribution is 2.26. The number of nitrogens with zero attached hydrogens (tertiary/aromatic N) is 1. The van der Waals surface area contributed by atoms with E-state index in [0.717, 1.165) is 19.3 Å². The Balaban J connectivity index is 1.80. The zero-order valence-corrected chi connectivity index (χ0v) is 16.1. The molecule has 1 aliphatic rings. The molecule has 0 aromatic heterocycles. The summed E-state index contributed by atoms with van der Waals surface area (Å²) in [4.78, 5) is 0.327. The van der Waals surface area contributed by atoms with Gasteiger partial charge in [-0.05, 0) is 56.2 Å². The van der Waals surface area contributed by atoms with E-state index in [1.807, 2.05) is 6.92 Å². The minimum absolute atomic E-state index is 0.0231. The average molecular weight is 395 g/mol. The molecule has 1 aliphatic heterocycles. The fourth-order valence-electron chi connectivity index (χ4n) is 3.07. The van der Waals surface area contributed by atoms with Gasteiger partial charge in [0, 0.05) is 18.3 Å². The second-order valence-corrected chi connectivity index (χ2v) is 9.98. The maximum atomic E-state index is 12.8. The van der Waals surface area contributed by atoms with Crippen LogP contribution in [0.2, 0.25) is 0 Å². The Labute approximate surface area is 155 Å². The molecule has 1 atom stereocenters. The molecule has 1 heterocycles. The van der Waals surface area contributed by atoms with E-state index in [0.29, 0.717) is 12.2 Å². The maximum Gasteiger partial charge on any atom is 0.261 e. The van der Waals surface area contributed by atoms with Gasteiger partial charge >= 0.3 is 0 Å². The Morgan fingerprint density at radius 1 is 0.885 bits per heavy atom. The van der Waals surface area contributed by atoms with Crippen molar-refractivity contribution in [3.8, 4) is 0 Å². The van der Waals surface area contributed by atoms with Crippen molar-refractivity contribution in [2.75, 3.05) is 11.3 Å². The molecule has 1 saturated heterocycles. The Hall–Kier alpha value is -1.90. The number of hydrogen-bond donors (Lipinski definition) is 1. The van der Waals surface area contributed by atoms with Crippen LogP contribution in [0, 0.1) is 0 Å². The number of hydrogen-bond acceptors (Lipinski definition) is 4. The van der Waals surface area contributed by atoms with Crippen LogP contribution < -0.4 is 4.72 Å². The lowest BCUT2D eigenvalue weighted by Crippen LogP contribution is -2.41. The highest BCUT2D eigenvalue weighted by atomic mass is 32.2. The smallest absolute Gasteiger partial charge is 0.261 e. The number of nitrogens with one attached hydrogen (secondary N) is 1. The molecule has 0 aliphatic carbocycles. The van der Waals surface area contributed by atoms with Gasteiger partial charge in [-0.1, -0.05) is 24.6 Å². The number of benzene rings is 2. The third-order valence-electron chi connectivity index (χ3n) is 4.51. The summed E-state index contributed by atoms with van der Waals surface area (Å²) >= 11 is 0. The molecule has 1 fully saturated rings. The van der Waals surface area contributed by atoms with Crippen molar-refractivity contribution >= 4 is 25.7 Å². The Bertz CT molecular complexity index is 956. The molecule has 8 heteroatoms. The van der Waals surface area contributed by atoms with Gasteiger partial charge in [0.1, 0.15) is 0 Å². The molecule has 0 amide bonds. The second-order valence-electron chi connectivity index (χ2n) is 6.40. The fourth-order valence-corrected chi connectivity index (χ4v) is 5.85. The van der Waals surface area contributed by atoms with Crippen molar-refractivity contribution < 1.29 is 16.8 Å². The van der Waals surface area contributed by atoms with Crippen LogP contribution in [0.1, 0.15) is 26.2 Å². The molecule has 140 valence electrons. The molecule has 2 aromatic rings. The van der Waals surface area contributed by atoms with Gasteiger partial charge in [0.25, 0.3) is 10.0 Å². The highest BCUT2D eigenvalue weighted by molar-refractivity contribution is 7.92. The first-order chi connectivity index (χ1) is 12.3. The Kier molecular flexibility index (Phi) is 5.36. The van der Waals surface area contributed by atoms with Gasteiger partial charge < -0.3 is 0 Å². The molecule has 2 aromatic carbocycles. The SMILES string of the molecule is CC1CCCCN1S(=O)(=O)c1ccc(NS(=O)(=O)c2ccccc2)cc1. The van der Waals surface area contributed by atoms with Crippen molar-refractivity contribution in [2.45, 2.75) is 42.0 Å². The zero-order chi connectivity index (χ0) is 18.8. The van der Waals surface area contributed by atoms with Crippen molar-refractivity contribution in [1.29, 1.82) is 0 Å². The Morgan fingerprint density at radius 2 is 1.54 bits per heavy atom. The minimum atomic E-state index is -3.70. The summed E-state index contributed by atoms with van der Waals surface area (Å²) in [6.45, 7) is 2.44. The highest BCUT2D eigenvalue weighted by Gasteiger charge is 2.30. The molecule has 3 rings (SSSR count). The summed E-state index contributed by atoms with van der Waals surface area (Å²) in [6, 6.07) is 13.8. The molecule has 0 radical (unpaired) electrons. The molecule has 0 spiro atoms. The van der Waals surface area contributed by atoms with E-state index < -0.39 is 20.0 Å². The second kappa shape index (κ2) is 7.38. The van der Waals surface area contributed by atoms with E-state index in [-0.39, 0.29) is 15.8 Å². The van der Waals surface area contributed by atoms with Crippen molar-refractivity contribution in [2.24, 2.45) is 0 Å². The summed E-state index contributed by atoms with van der Waals surface area (Å²) in [5, 5.41) is 0. The normalized spacial score (nSPS) is 19.2. The molecular formula is C18H22N2O4S2. The van der Waals surface area contributed by atoms with E-state index in [1.165, 1.54) is 40.7 Å². The fraction of sp³-hybridized carbons (Fsp3) is 0.333. The van der Waals surface area contributed by atoms with Gasteiger partial charge in [-0.15, -0.1) is 0 Å². The maximum absolute atomic E-state index is 12.8. The number of anilines is 1. The first-order valence-corrected chi connectivity index (χ1v) is 11.4. The van der Waals surface area contributed by atoms with Gasteiger partial charge in [0.05, 0.1) is 9.79 Å². The summed E-state index contributed by atoms with van der Waals surface area (Å²) < 4.78 is 54.3. The lowest BCUT2D eigenvalue weighted by molar-refractivity contribution is 0.268. The average Bonchev–Trinajstić information content (AvgIpc) is 2.63. The van der Waals surface area contributed by atoms with Crippen molar-refractivity contribution in [3.63, 3.8) is 0 Å². The molecular weight excluding hydrogens is 372 g/mol. The predicted octanol–water partition coefficient (Wildman–Crippen LogP) is 3.05. The largest absolute Gasteiger partial charge is 0.280 e. The van der Waals surface area contributed by atoms with Gasteiger partial charge in [0.2, 0.25) is 10.0 Å². The molecule has 1 N–H and O–H groups in total. The predicted molar refractivity (Wildman–Crippen MR) is 101 cm³/mol.